The van der Waals surface area contributed by atoms with Crippen LogP contribution in [0.1, 0.15) is 37.7 Å². The summed E-state index contributed by atoms with van der Waals surface area (Å²) in [6.45, 7) is 1.06. The lowest BCUT2D eigenvalue weighted by Gasteiger charge is -2.33. The molecule has 0 spiro atoms. The highest BCUT2D eigenvalue weighted by atomic mass is 16.6. The van der Waals surface area contributed by atoms with Crippen LogP contribution in [0.3, 0.4) is 0 Å². The van der Waals surface area contributed by atoms with Crippen molar-refractivity contribution in [1.82, 2.24) is 4.90 Å². The predicted molar refractivity (Wildman–Crippen MR) is 109 cm³/mol. The van der Waals surface area contributed by atoms with Crippen LogP contribution < -0.4 is 4.74 Å². The van der Waals surface area contributed by atoms with E-state index in [1.54, 1.807) is 0 Å². The molecule has 4 rings (SSSR count). The Kier molecular flexibility index (Phi) is 5.95. The monoisotopic (exact) mass is 377 g/mol. The summed E-state index contributed by atoms with van der Waals surface area (Å²) in [7, 11) is 0. The van der Waals surface area contributed by atoms with Gasteiger partial charge in [0.25, 0.3) is 0 Å². The first-order chi connectivity index (χ1) is 13.8. The molecule has 1 amide bonds. The normalized spacial score (nSPS) is 20.6. The van der Waals surface area contributed by atoms with Crippen LogP contribution in [0.2, 0.25) is 0 Å². The van der Waals surface area contributed by atoms with Crippen molar-refractivity contribution < 1.29 is 14.3 Å². The van der Waals surface area contributed by atoms with Crippen LogP contribution in [0, 0.1) is 0 Å². The molecule has 2 unspecified atom stereocenters. The molecule has 2 bridgehead atoms. The zero-order valence-electron chi connectivity index (χ0n) is 16.1. The minimum Gasteiger partial charge on any atom is -0.494 e. The number of hydrogen-bond acceptors (Lipinski definition) is 3. The molecule has 2 aromatic rings. The van der Waals surface area contributed by atoms with Crippen LogP contribution in [0.5, 0.6) is 5.75 Å². The Labute approximate surface area is 166 Å². The summed E-state index contributed by atoms with van der Waals surface area (Å²) in [4.78, 5) is 14.6. The highest BCUT2D eigenvalue weighted by molar-refractivity contribution is 5.70. The SMILES string of the molecule is O=C(OCc1ccccc1)N1C2C=C(CCCOc3ccccc3)CC1CC2. The molecule has 1 saturated heterocycles. The van der Waals surface area contributed by atoms with Crippen molar-refractivity contribution in [3.8, 4) is 5.75 Å². The van der Waals surface area contributed by atoms with Gasteiger partial charge < -0.3 is 9.47 Å². The Morgan fingerprint density at radius 2 is 1.75 bits per heavy atom. The van der Waals surface area contributed by atoms with E-state index >= 15 is 0 Å². The van der Waals surface area contributed by atoms with E-state index in [0.717, 1.165) is 50.0 Å². The molecule has 4 nitrogen and oxygen atoms in total. The van der Waals surface area contributed by atoms with Crippen LogP contribution in [0.15, 0.2) is 72.3 Å². The lowest BCUT2D eigenvalue weighted by molar-refractivity contribution is 0.0814. The minimum absolute atomic E-state index is 0.181. The first-order valence-electron chi connectivity index (χ1n) is 10.2. The quantitative estimate of drug-likeness (QED) is 0.482. The fraction of sp³-hybridized carbons (Fsp3) is 0.375. The van der Waals surface area contributed by atoms with E-state index in [2.05, 4.69) is 6.08 Å². The Balaban J connectivity index is 1.25. The van der Waals surface area contributed by atoms with E-state index in [9.17, 15) is 4.79 Å². The molecule has 2 aromatic carbocycles. The molecule has 4 heteroatoms. The summed E-state index contributed by atoms with van der Waals surface area (Å²) in [5.74, 6) is 0.924. The summed E-state index contributed by atoms with van der Waals surface area (Å²) in [6.07, 6.45) is 7.20. The van der Waals surface area contributed by atoms with Crippen LogP contribution in [0.25, 0.3) is 0 Å². The largest absolute Gasteiger partial charge is 0.494 e. The van der Waals surface area contributed by atoms with Crippen LogP contribution in [0.4, 0.5) is 4.79 Å². The Hall–Kier alpha value is -2.75. The molecular weight excluding hydrogens is 350 g/mol. The third-order valence-corrected chi connectivity index (χ3v) is 5.54. The molecule has 0 N–H and O–H groups in total. The average molecular weight is 377 g/mol. The molecule has 146 valence electrons. The molecule has 2 aliphatic heterocycles. The third kappa shape index (κ3) is 4.56. The maximum absolute atomic E-state index is 12.6. The van der Waals surface area contributed by atoms with Crippen molar-refractivity contribution >= 4 is 6.09 Å². The second-order valence-corrected chi connectivity index (χ2v) is 7.54. The molecule has 28 heavy (non-hydrogen) atoms. The summed E-state index contributed by atoms with van der Waals surface area (Å²) >= 11 is 0. The van der Waals surface area contributed by atoms with Gasteiger partial charge in [-0.2, -0.15) is 0 Å². The highest BCUT2D eigenvalue weighted by Gasteiger charge is 2.40. The fourth-order valence-corrected chi connectivity index (χ4v) is 4.19. The number of rotatable bonds is 7. The number of ether oxygens (including phenoxy) is 2. The van der Waals surface area contributed by atoms with Crippen LogP contribution in [-0.2, 0) is 11.3 Å². The zero-order valence-corrected chi connectivity index (χ0v) is 16.1. The predicted octanol–water partition coefficient (Wildman–Crippen LogP) is 5.35. The number of para-hydroxylation sites is 1. The molecular formula is C24H27NO3. The summed E-state index contributed by atoms with van der Waals surface area (Å²) in [5, 5.41) is 0. The molecule has 0 saturated carbocycles. The van der Waals surface area contributed by atoms with Crippen LogP contribution in [-0.4, -0.2) is 29.7 Å². The molecule has 1 fully saturated rings. The first kappa shape index (κ1) is 18.6. The molecule has 0 aliphatic carbocycles. The van der Waals surface area contributed by atoms with Gasteiger partial charge >= 0.3 is 6.09 Å². The smallest absolute Gasteiger partial charge is 0.410 e. The number of benzene rings is 2. The fourth-order valence-electron chi connectivity index (χ4n) is 4.19. The van der Waals surface area contributed by atoms with Gasteiger partial charge in [0.15, 0.2) is 0 Å². The third-order valence-electron chi connectivity index (χ3n) is 5.54. The van der Waals surface area contributed by atoms with Gasteiger partial charge in [-0.05, 0) is 49.8 Å². The second-order valence-electron chi connectivity index (χ2n) is 7.54. The Bertz CT molecular complexity index is 803. The Morgan fingerprint density at radius 1 is 1.00 bits per heavy atom. The van der Waals surface area contributed by atoms with Crippen molar-refractivity contribution in [3.05, 3.63) is 77.9 Å². The average Bonchev–Trinajstić information content (AvgIpc) is 3.01. The van der Waals surface area contributed by atoms with Crippen LogP contribution >= 0.6 is 0 Å². The highest BCUT2D eigenvalue weighted by Crippen LogP contribution is 2.36. The number of nitrogens with zero attached hydrogens (tertiary/aromatic N) is 1. The van der Waals surface area contributed by atoms with E-state index in [-0.39, 0.29) is 18.2 Å². The van der Waals surface area contributed by atoms with Gasteiger partial charge in [-0.3, -0.25) is 4.90 Å². The minimum atomic E-state index is -0.181. The summed E-state index contributed by atoms with van der Waals surface area (Å²) in [5.41, 5.74) is 2.48. The van der Waals surface area contributed by atoms with E-state index in [1.807, 2.05) is 65.6 Å². The van der Waals surface area contributed by atoms with Gasteiger partial charge in [0.05, 0.1) is 12.6 Å². The van der Waals surface area contributed by atoms with Crippen molar-refractivity contribution in [1.29, 1.82) is 0 Å². The topological polar surface area (TPSA) is 38.8 Å². The van der Waals surface area contributed by atoms with Gasteiger partial charge in [-0.1, -0.05) is 60.2 Å². The van der Waals surface area contributed by atoms with Gasteiger partial charge in [0, 0.05) is 6.04 Å². The van der Waals surface area contributed by atoms with Gasteiger partial charge in [0.2, 0.25) is 0 Å². The molecule has 2 heterocycles. The molecule has 2 atom stereocenters. The van der Waals surface area contributed by atoms with E-state index in [1.165, 1.54) is 5.57 Å². The van der Waals surface area contributed by atoms with Gasteiger partial charge in [-0.15, -0.1) is 0 Å². The van der Waals surface area contributed by atoms with E-state index < -0.39 is 0 Å². The number of fused-ring (bicyclic) bond motifs is 2. The van der Waals surface area contributed by atoms with Crippen molar-refractivity contribution in [2.45, 2.75) is 50.8 Å². The molecule has 0 radical (unpaired) electrons. The summed E-state index contributed by atoms with van der Waals surface area (Å²) < 4.78 is 11.4. The number of amides is 1. The van der Waals surface area contributed by atoms with Crippen molar-refractivity contribution in [2.24, 2.45) is 0 Å². The first-order valence-corrected chi connectivity index (χ1v) is 10.2. The Morgan fingerprint density at radius 3 is 2.50 bits per heavy atom. The molecule has 2 aliphatic rings. The van der Waals surface area contributed by atoms with E-state index in [0.29, 0.717) is 6.61 Å². The van der Waals surface area contributed by atoms with Gasteiger partial charge in [0.1, 0.15) is 12.4 Å². The van der Waals surface area contributed by atoms with Crippen molar-refractivity contribution in [3.63, 3.8) is 0 Å². The lowest BCUT2D eigenvalue weighted by atomic mass is 9.98. The number of carbonyl (C=O) groups excluding carboxylic acids is 1. The number of hydrogen-bond donors (Lipinski definition) is 0. The van der Waals surface area contributed by atoms with Gasteiger partial charge in [-0.25, -0.2) is 4.79 Å². The zero-order chi connectivity index (χ0) is 19.2. The standard InChI is InChI=1S/C24H27NO3/c26-24(28-18-19-8-3-1-4-9-19)25-21-13-14-22(25)17-20(16-21)10-7-15-27-23-11-5-2-6-12-23/h1-6,8-9,11-12,16,21-22H,7,10,13-15,17-18H2. The molecule has 0 aromatic heterocycles. The lowest BCUT2D eigenvalue weighted by Crippen LogP contribution is -2.43. The van der Waals surface area contributed by atoms with Crippen molar-refractivity contribution in [2.75, 3.05) is 6.61 Å². The van der Waals surface area contributed by atoms with E-state index in [4.69, 9.17) is 9.47 Å². The number of carbonyl (C=O) groups is 1. The summed E-state index contributed by atoms with van der Waals surface area (Å²) in [6, 6.07) is 20.3. The maximum Gasteiger partial charge on any atom is 0.410 e. The maximum atomic E-state index is 12.6. The second kappa shape index (κ2) is 8.96.